The number of rotatable bonds is 0. The fourth-order valence-corrected chi connectivity index (χ4v) is 0. The molecule has 32 valence electrons. The Morgan fingerprint density at radius 3 is 1.20 bits per heavy atom. The summed E-state index contributed by atoms with van der Waals surface area (Å²) in [5.74, 6) is 0. The summed E-state index contributed by atoms with van der Waals surface area (Å²) >= 11 is -5.94. The zero-order valence-electron chi connectivity index (χ0n) is 2.09. The molecule has 0 spiro atoms. The van der Waals surface area contributed by atoms with Gasteiger partial charge in [0.2, 0.25) is 0 Å². The van der Waals surface area contributed by atoms with Crippen molar-refractivity contribution < 1.29 is 28.5 Å². The van der Waals surface area contributed by atoms with Gasteiger partial charge < -0.3 is 0 Å². The van der Waals surface area contributed by atoms with Gasteiger partial charge in [0.05, 0.1) is 0 Å². The molecule has 5 heavy (non-hydrogen) atoms. The first kappa shape index (κ1) is 5.58. The molecule has 0 aliphatic rings. The van der Waals surface area contributed by atoms with E-state index in [0.29, 0.717) is 0 Å². The predicted octanol–water partition coefficient (Wildman–Crippen LogP) is -2.12. The number of hydrogen-bond donors (Lipinski definition) is 0. The molecule has 0 saturated carbocycles. The maximum absolute atomic E-state index is 10.3. The molecule has 0 atom stereocenters. The van der Waals surface area contributed by atoms with Crippen LogP contribution in [0.3, 0.4) is 0 Å². The second kappa shape index (κ2) is 1.36. The fraction of sp³-hybridized carbons (Fsp3) is 0. The monoisotopic (exact) mass is 195 g/mol. The molecule has 0 nitrogen and oxygen atoms in total. The molecule has 0 saturated heterocycles. The molecule has 0 aromatic heterocycles. The normalized spacial score (nSPS) is 15.0. The molecule has 0 unspecified atom stereocenters. The average molecular weight is 195 g/mol. The fourth-order valence-electron chi connectivity index (χ4n) is 0. The van der Waals surface area contributed by atoms with Crippen LogP contribution in [0, 0.1) is 0 Å². The SMILES string of the molecule is [B][I-](F)(F)F. The van der Waals surface area contributed by atoms with Crippen LogP contribution in [0.5, 0.6) is 0 Å². The average Bonchev–Trinajstić information content (AvgIpc) is 0.722. The third-order valence-corrected chi connectivity index (χ3v) is 0. The second-order valence-corrected chi connectivity index (χ2v) is 2.75. The van der Waals surface area contributed by atoms with Crippen LogP contribution in [0.2, 0.25) is 0 Å². The maximum atomic E-state index is 10.3. The summed E-state index contributed by atoms with van der Waals surface area (Å²) in [5, 5.41) is 0. The van der Waals surface area contributed by atoms with Crippen LogP contribution in [0.25, 0.3) is 0 Å². The Labute approximate surface area is 34.7 Å². The van der Waals surface area contributed by atoms with Gasteiger partial charge in [-0.25, -0.2) is 0 Å². The first-order chi connectivity index (χ1) is 2.00. The van der Waals surface area contributed by atoms with E-state index in [1.807, 2.05) is 0 Å². The van der Waals surface area contributed by atoms with Crippen LogP contribution in [-0.2, 0) is 0 Å². The number of halogens is 4. The Balaban J connectivity index is 3.02. The standard InChI is InChI=1S/BF3I/c1-5(2,3)4/q-1. The molecule has 0 fully saturated rings. The van der Waals surface area contributed by atoms with E-state index in [4.69, 9.17) is 0 Å². The summed E-state index contributed by atoms with van der Waals surface area (Å²) in [6, 6.07) is 0. The van der Waals surface area contributed by atoms with Crippen molar-refractivity contribution in [3.63, 3.8) is 0 Å². The van der Waals surface area contributed by atoms with Crippen molar-refractivity contribution in [1.29, 1.82) is 0 Å². The Morgan fingerprint density at radius 2 is 1.20 bits per heavy atom. The summed E-state index contributed by atoms with van der Waals surface area (Å²) < 4.78 is 30.9. The van der Waals surface area contributed by atoms with E-state index in [9.17, 15) is 8.58 Å². The molecule has 0 aliphatic heterocycles. The first-order valence-electron chi connectivity index (χ1n) is 0.647. The van der Waals surface area contributed by atoms with Gasteiger partial charge >= 0.3 is 34.2 Å². The number of hydrogen-bond acceptors (Lipinski definition) is 0. The third kappa shape index (κ3) is 89.5. The molecule has 0 aliphatic carbocycles. The molecular weight excluding hydrogens is 195 g/mol. The van der Waals surface area contributed by atoms with E-state index in [-0.39, 0.29) is 0 Å². The molecule has 5 heteroatoms. The van der Waals surface area contributed by atoms with E-state index in [0.717, 1.165) is 0 Å². The van der Waals surface area contributed by atoms with E-state index >= 15 is 0 Å². The van der Waals surface area contributed by atoms with E-state index < -0.39 is 19.9 Å². The van der Waals surface area contributed by atoms with Gasteiger partial charge in [-0.3, -0.25) is 0 Å². The van der Waals surface area contributed by atoms with Gasteiger partial charge in [0.1, 0.15) is 0 Å². The van der Waals surface area contributed by atoms with Crippen LogP contribution in [-0.4, -0.2) is 5.70 Å². The van der Waals surface area contributed by atoms with E-state index in [2.05, 4.69) is 5.70 Å². The minimum atomic E-state index is -5.94. The molecule has 0 bridgehead atoms. The van der Waals surface area contributed by atoms with Crippen LogP contribution >= 0.6 is 0 Å². The van der Waals surface area contributed by atoms with Gasteiger partial charge in [-0.1, -0.05) is 0 Å². The molecule has 0 aromatic rings. The Kier molecular flexibility index (Phi) is 1.52. The summed E-state index contributed by atoms with van der Waals surface area (Å²) in [5.41, 5.74) is 3.53. The van der Waals surface area contributed by atoms with Gasteiger partial charge in [-0.15, -0.1) is 0 Å². The summed E-state index contributed by atoms with van der Waals surface area (Å²) in [6.45, 7) is 0. The van der Waals surface area contributed by atoms with Crippen LogP contribution in [0.15, 0.2) is 0 Å². The van der Waals surface area contributed by atoms with Gasteiger partial charge in [0.25, 0.3) is 0 Å². The third-order valence-electron chi connectivity index (χ3n) is 0. The van der Waals surface area contributed by atoms with Crippen molar-refractivity contribution >= 4 is 5.70 Å². The Hall–Kier alpha value is 0.585. The van der Waals surface area contributed by atoms with Crippen LogP contribution < -0.4 is 19.9 Å². The topological polar surface area (TPSA) is 0 Å². The van der Waals surface area contributed by atoms with Crippen molar-refractivity contribution in [2.75, 3.05) is 0 Å². The Morgan fingerprint density at radius 1 is 1.20 bits per heavy atom. The molecule has 0 amide bonds. The second-order valence-electron chi connectivity index (χ2n) is 0.409. The van der Waals surface area contributed by atoms with Gasteiger partial charge in [-0.05, 0) is 0 Å². The zero-order chi connectivity index (χ0) is 4.50. The molecular formula is BF3I-. The quantitative estimate of drug-likeness (QED) is 0.306. The van der Waals surface area contributed by atoms with Gasteiger partial charge in [0, 0.05) is 0 Å². The van der Waals surface area contributed by atoms with Crippen molar-refractivity contribution in [1.82, 2.24) is 0 Å². The Bertz CT molecular complexity index is 22.4. The molecule has 2 radical (unpaired) electrons. The molecule has 0 N–H and O–H groups in total. The minimum absolute atomic E-state index is 3.53. The van der Waals surface area contributed by atoms with Crippen molar-refractivity contribution in [3.05, 3.63) is 0 Å². The van der Waals surface area contributed by atoms with Crippen molar-refractivity contribution in [2.24, 2.45) is 0 Å². The predicted molar refractivity (Wildman–Crippen MR) is 9.08 cm³/mol. The molecule has 0 heterocycles. The van der Waals surface area contributed by atoms with Crippen LogP contribution in [0.4, 0.5) is 8.58 Å². The van der Waals surface area contributed by atoms with Crippen molar-refractivity contribution in [2.45, 2.75) is 0 Å². The molecule has 0 aromatic carbocycles. The van der Waals surface area contributed by atoms with Crippen LogP contribution in [0.1, 0.15) is 0 Å². The van der Waals surface area contributed by atoms with Gasteiger partial charge in [-0.2, -0.15) is 0 Å². The summed E-state index contributed by atoms with van der Waals surface area (Å²) in [7, 11) is 0. The zero-order valence-corrected chi connectivity index (χ0v) is 4.25. The first-order valence-corrected chi connectivity index (χ1v) is 4.34. The van der Waals surface area contributed by atoms with E-state index in [1.54, 1.807) is 0 Å². The van der Waals surface area contributed by atoms with E-state index in [1.165, 1.54) is 0 Å². The molecule has 0 rings (SSSR count). The summed E-state index contributed by atoms with van der Waals surface area (Å²) in [6.07, 6.45) is 0. The van der Waals surface area contributed by atoms with Crippen molar-refractivity contribution in [3.8, 4) is 0 Å². The summed E-state index contributed by atoms with van der Waals surface area (Å²) in [4.78, 5) is 0. The van der Waals surface area contributed by atoms with Gasteiger partial charge in [0.15, 0.2) is 0 Å².